The predicted molar refractivity (Wildman–Crippen MR) is 109 cm³/mol. The van der Waals surface area contributed by atoms with Crippen LogP contribution in [0.25, 0.3) is 0 Å². The number of thioether (sulfide) groups is 1. The van der Waals surface area contributed by atoms with Crippen LogP contribution < -0.4 is 10.1 Å². The molecule has 0 atom stereocenters. The van der Waals surface area contributed by atoms with E-state index in [0.29, 0.717) is 16.1 Å². The Labute approximate surface area is 176 Å². The fourth-order valence-electron chi connectivity index (χ4n) is 2.95. The molecular weight excluding hydrogens is 422 g/mol. The SMILES string of the molecule is O=C(Nc1ccc(OC(F)F)c(Cl)c1)c1ccccc1SCC(=O)N1CCCC1. The zero-order chi connectivity index (χ0) is 20.8. The summed E-state index contributed by atoms with van der Waals surface area (Å²) in [6.07, 6.45) is 2.05. The topological polar surface area (TPSA) is 58.6 Å². The van der Waals surface area contributed by atoms with Crippen LogP contribution in [0.4, 0.5) is 14.5 Å². The summed E-state index contributed by atoms with van der Waals surface area (Å²) in [5, 5.41) is 2.65. The first kappa shape index (κ1) is 21.4. The van der Waals surface area contributed by atoms with Gasteiger partial charge in [0, 0.05) is 23.7 Å². The van der Waals surface area contributed by atoms with Crippen LogP contribution in [-0.2, 0) is 4.79 Å². The number of amides is 2. The summed E-state index contributed by atoms with van der Waals surface area (Å²) in [6, 6.07) is 11.0. The Morgan fingerprint density at radius 1 is 1.17 bits per heavy atom. The Morgan fingerprint density at radius 2 is 1.90 bits per heavy atom. The van der Waals surface area contributed by atoms with Crippen molar-refractivity contribution in [2.75, 3.05) is 24.2 Å². The van der Waals surface area contributed by atoms with Crippen molar-refractivity contribution in [2.24, 2.45) is 0 Å². The Bertz CT molecular complexity index is 892. The number of halogens is 3. The van der Waals surface area contributed by atoms with Crippen molar-refractivity contribution < 1.29 is 23.1 Å². The van der Waals surface area contributed by atoms with E-state index in [4.69, 9.17) is 11.6 Å². The predicted octanol–water partition coefficient (Wildman–Crippen LogP) is 4.91. The lowest BCUT2D eigenvalue weighted by molar-refractivity contribution is -0.127. The van der Waals surface area contributed by atoms with Crippen LogP contribution in [-0.4, -0.2) is 42.2 Å². The van der Waals surface area contributed by atoms with Gasteiger partial charge in [-0.05, 0) is 43.2 Å². The maximum Gasteiger partial charge on any atom is 0.387 e. The molecular formula is C20H19ClF2N2O3S. The summed E-state index contributed by atoms with van der Waals surface area (Å²) in [4.78, 5) is 27.5. The number of anilines is 1. The van der Waals surface area contributed by atoms with E-state index in [1.54, 1.807) is 24.3 Å². The van der Waals surface area contributed by atoms with E-state index in [9.17, 15) is 18.4 Å². The molecule has 1 heterocycles. The van der Waals surface area contributed by atoms with Crippen molar-refractivity contribution in [3.63, 3.8) is 0 Å². The number of carbonyl (C=O) groups excluding carboxylic acids is 2. The summed E-state index contributed by atoms with van der Waals surface area (Å²) >= 11 is 7.24. The Balaban J connectivity index is 1.66. The minimum atomic E-state index is -2.99. The molecule has 1 saturated heterocycles. The maximum atomic E-state index is 12.7. The monoisotopic (exact) mass is 440 g/mol. The van der Waals surface area contributed by atoms with Gasteiger partial charge >= 0.3 is 6.61 Å². The standard InChI is InChI=1S/C20H19ClF2N2O3S/c21-15-11-13(7-8-16(15)28-20(22)23)24-19(27)14-5-1-2-6-17(14)29-12-18(26)25-9-3-4-10-25/h1-2,5-8,11,20H,3-4,9-10,12H2,(H,24,27). The van der Waals surface area contributed by atoms with Crippen molar-refractivity contribution in [3.05, 3.63) is 53.1 Å². The van der Waals surface area contributed by atoms with E-state index >= 15 is 0 Å². The van der Waals surface area contributed by atoms with Crippen LogP contribution >= 0.6 is 23.4 Å². The quantitative estimate of drug-likeness (QED) is 0.621. The average Bonchev–Trinajstić information content (AvgIpc) is 3.23. The molecule has 0 radical (unpaired) electrons. The molecule has 5 nitrogen and oxygen atoms in total. The first-order valence-corrected chi connectivity index (χ1v) is 10.4. The van der Waals surface area contributed by atoms with E-state index in [-0.39, 0.29) is 28.3 Å². The van der Waals surface area contributed by atoms with Gasteiger partial charge in [-0.2, -0.15) is 8.78 Å². The maximum absolute atomic E-state index is 12.7. The van der Waals surface area contributed by atoms with E-state index < -0.39 is 6.61 Å². The summed E-state index contributed by atoms with van der Waals surface area (Å²) in [5.41, 5.74) is 0.755. The number of rotatable bonds is 7. The zero-order valence-corrected chi connectivity index (χ0v) is 16.9. The first-order chi connectivity index (χ1) is 13.9. The largest absolute Gasteiger partial charge is 0.433 e. The summed E-state index contributed by atoms with van der Waals surface area (Å²) < 4.78 is 28.9. The van der Waals surface area contributed by atoms with Gasteiger partial charge in [0.15, 0.2) is 0 Å². The lowest BCUT2D eigenvalue weighted by Gasteiger charge is -2.15. The van der Waals surface area contributed by atoms with Crippen LogP contribution in [0.2, 0.25) is 5.02 Å². The molecule has 0 aromatic heterocycles. The van der Waals surface area contributed by atoms with E-state index in [0.717, 1.165) is 25.9 Å². The third kappa shape index (κ3) is 5.83. The first-order valence-electron chi connectivity index (χ1n) is 8.99. The van der Waals surface area contributed by atoms with Crippen LogP contribution in [0.5, 0.6) is 5.75 Å². The minimum Gasteiger partial charge on any atom is -0.433 e. The van der Waals surface area contributed by atoms with Crippen LogP contribution in [0, 0.1) is 0 Å². The molecule has 0 unspecified atom stereocenters. The number of nitrogens with zero attached hydrogens (tertiary/aromatic N) is 1. The molecule has 2 aromatic carbocycles. The molecule has 9 heteroatoms. The summed E-state index contributed by atoms with van der Waals surface area (Å²) in [6.45, 7) is -1.42. The highest BCUT2D eigenvalue weighted by Gasteiger charge is 2.19. The van der Waals surface area contributed by atoms with Gasteiger partial charge in [-0.15, -0.1) is 11.8 Å². The van der Waals surface area contributed by atoms with Crippen LogP contribution in [0.3, 0.4) is 0 Å². The minimum absolute atomic E-state index is 0.0398. The average molecular weight is 441 g/mol. The molecule has 2 amide bonds. The van der Waals surface area contributed by atoms with Gasteiger partial charge in [0.2, 0.25) is 5.91 Å². The van der Waals surface area contributed by atoms with Gasteiger partial charge in [-0.25, -0.2) is 0 Å². The number of carbonyl (C=O) groups is 2. The number of alkyl halides is 2. The molecule has 1 N–H and O–H groups in total. The molecule has 0 spiro atoms. The van der Waals surface area contributed by atoms with Gasteiger partial charge in [-0.1, -0.05) is 23.7 Å². The van der Waals surface area contributed by atoms with Crippen molar-refractivity contribution in [2.45, 2.75) is 24.3 Å². The molecule has 3 rings (SSSR count). The molecule has 0 saturated carbocycles. The highest BCUT2D eigenvalue weighted by atomic mass is 35.5. The van der Waals surface area contributed by atoms with Crippen LogP contribution in [0.1, 0.15) is 23.2 Å². The fraction of sp³-hybridized carbons (Fsp3) is 0.300. The third-order valence-corrected chi connectivity index (χ3v) is 5.70. The second kappa shape index (κ2) is 9.93. The fourth-order valence-corrected chi connectivity index (χ4v) is 4.12. The highest BCUT2D eigenvalue weighted by molar-refractivity contribution is 8.00. The van der Waals surface area contributed by atoms with Crippen molar-refractivity contribution >= 4 is 40.9 Å². The molecule has 0 aliphatic carbocycles. The molecule has 1 aliphatic heterocycles. The number of hydrogen-bond acceptors (Lipinski definition) is 4. The number of nitrogens with one attached hydrogen (secondary N) is 1. The normalized spacial score (nSPS) is 13.6. The van der Waals surface area contributed by atoms with Crippen molar-refractivity contribution in [3.8, 4) is 5.75 Å². The van der Waals surface area contributed by atoms with Gasteiger partial charge < -0.3 is 15.0 Å². The molecule has 2 aromatic rings. The summed E-state index contributed by atoms with van der Waals surface area (Å²) in [5.74, 6) is -0.240. The van der Waals surface area contributed by atoms with Crippen molar-refractivity contribution in [1.82, 2.24) is 4.90 Å². The number of ether oxygens (including phenoxy) is 1. The van der Waals surface area contributed by atoms with Gasteiger partial charge in [-0.3, -0.25) is 9.59 Å². The Morgan fingerprint density at radius 3 is 2.59 bits per heavy atom. The zero-order valence-electron chi connectivity index (χ0n) is 15.4. The Kier molecular flexibility index (Phi) is 7.33. The smallest absolute Gasteiger partial charge is 0.387 e. The molecule has 1 fully saturated rings. The van der Waals surface area contributed by atoms with Crippen LogP contribution in [0.15, 0.2) is 47.4 Å². The third-order valence-electron chi connectivity index (χ3n) is 4.35. The van der Waals surface area contributed by atoms with E-state index in [2.05, 4.69) is 10.1 Å². The van der Waals surface area contributed by atoms with E-state index in [1.807, 2.05) is 4.90 Å². The molecule has 0 bridgehead atoms. The number of likely N-dealkylation sites (tertiary alicyclic amines) is 1. The number of hydrogen-bond donors (Lipinski definition) is 1. The Hall–Kier alpha value is -2.32. The lowest BCUT2D eigenvalue weighted by Crippen LogP contribution is -2.29. The molecule has 154 valence electrons. The van der Waals surface area contributed by atoms with Gasteiger partial charge in [0.25, 0.3) is 5.91 Å². The second-order valence-corrected chi connectivity index (χ2v) is 7.77. The van der Waals surface area contributed by atoms with Crippen molar-refractivity contribution in [1.29, 1.82) is 0 Å². The van der Waals surface area contributed by atoms with Gasteiger partial charge in [0.1, 0.15) is 5.75 Å². The van der Waals surface area contributed by atoms with E-state index in [1.165, 1.54) is 30.0 Å². The second-order valence-electron chi connectivity index (χ2n) is 6.35. The highest BCUT2D eigenvalue weighted by Crippen LogP contribution is 2.30. The van der Waals surface area contributed by atoms with Gasteiger partial charge in [0.05, 0.1) is 16.3 Å². The molecule has 29 heavy (non-hydrogen) atoms. The lowest BCUT2D eigenvalue weighted by atomic mass is 10.2. The summed E-state index contributed by atoms with van der Waals surface area (Å²) in [7, 11) is 0. The molecule has 1 aliphatic rings. The number of benzene rings is 2.